The topological polar surface area (TPSA) is 79.3 Å². The summed E-state index contributed by atoms with van der Waals surface area (Å²) in [7, 11) is 5.38. The SMILES string of the molecule is CCCOc1ccc([C@H]2/C(=C(\O)c3ccc(F)cc3)C(=O)C(=O)N2CCCN(C)C)cc1OC. The minimum atomic E-state index is -0.818. The van der Waals surface area contributed by atoms with Gasteiger partial charge in [-0.3, -0.25) is 9.59 Å². The molecule has 0 unspecified atom stereocenters. The second kappa shape index (κ2) is 11.2. The minimum Gasteiger partial charge on any atom is -0.507 e. The van der Waals surface area contributed by atoms with E-state index in [1.165, 1.54) is 36.3 Å². The number of aliphatic hydroxyl groups is 1. The Morgan fingerprint density at radius 1 is 1.12 bits per heavy atom. The highest BCUT2D eigenvalue weighted by Crippen LogP contribution is 2.42. The Morgan fingerprint density at radius 3 is 2.44 bits per heavy atom. The number of amides is 1. The van der Waals surface area contributed by atoms with Crippen molar-refractivity contribution >= 4 is 17.4 Å². The molecular weight excluding hydrogens is 439 g/mol. The lowest BCUT2D eigenvalue weighted by atomic mass is 9.95. The first kappa shape index (κ1) is 25.2. The molecule has 0 aromatic heterocycles. The number of nitrogens with zero attached hydrogens (tertiary/aromatic N) is 2. The number of rotatable bonds is 10. The van der Waals surface area contributed by atoms with E-state index in [0.717, 1.165) is 13.0 Å². The van der Waals surface area contributed by atoms with Crippen molar-refractivity contribution in [3.8, 4) is 11.5 Å². The quantitative estimate of drug-likeness (QED) is 0.321. The maximum absolute atomic E-state index is 13.4. The fourth-order valence-electron chi connectivity index (χ4n) is 3.96. The van der Waals surface area contributed by atoms with Gasteiger partial charge in [0.2, 0.25) is 0 Å². The van der Waals surface area contributed by atoms with Gasteiger partial charge in [0.25, 0.3) is 11.7 Å². The number of ether oxygens (including phenoxy) is 2. The second-order valence-corrected chi connectivity index (χ2v) is 8.41. The molecule has 34 heavy (non-hydrogen) atoms. The van der Waals surface area contributed by atoms with Crippen molar-refractivity contribution in [2.45, 2.75) is 25.8 Å². The summed E-state index contributed by atoms with van der Waals surface area (Å²) in [5, 5.41) is 11.1. The third kappa shape index (κ3) is 5.39. The van der Waals surface area contributed by atoms with E-state index in [2.05, 4.69) is 0 Å². The molecule has 1 heterocycles. The van der Waals surface area contributed by atoms with E-state index in [9.17, 15) is 19.1 Å². The van der Waals surface area contributed by atoms with Crippen LogP contribution in [0.15, 0.2) is 48.0 Å². The van der Waals surface area contributed by atoms with E-state index in [4.69, 9.17) is 9.47 Å². The average molecular weight is 471 g/mol. The predicted octanol–water partition coefficient (Wildman–Crippen LogP) is 4.00. The summed E-state index contributed by atoms with van der Waals surface area (Å²) in [5.74, 6) is -1.25. The molecule has 1 N–H and O–H groups in total. The molecule has 1 aliphatic rings. The Bertz CT molecular complexity index is 1070. The summed E-state index contributed by atoms with van der Waals surface area (Å²) in [6.45, 7) is 3.56. The number of halogens is 1. The molecule has 1 atom stereocenters. The van der Waals surface area contributed by atoms with Crippen LogP contribution in [0.1, 0.15) is 36.9 Å². The predicted molar refractivity (Wildman–Crippen MR) is 127 cm³/mol. The van der Waals surface area contributed by atoms with Crippen LogP contribution in [0.3, 0.4) is 0 Å². The number of aliphatic hydroxyl groups excluding tert-OH is 1. The Balaban J connectivity index is 2.10. The van der Waals surface area contributed by atoms with Crippen LogP contribution in [0.5, 0.6) is 11.5 Å². The summed E-state index contributed by atoms with van der Waals surface area (Å²) < 4.78 is 24.7. The first-order valence-electron chi connectivity index (χ1n) is 11.3. The van der Waals surface area contributed by atoms with E-state index >= 15 is 0 Å². The van der Waals surface area contributed by atoms with Crippen LogP contribution in [-0.4, -0.2) is 67.5 Å². The fourth-order valence-corrected chi connectivity index (χ4v) is 3.96. The molecule has 2 aromatic rings. The van der Waals surface area contributed by atoms with Gasteiger partial charge in [-0.1, -0.05) is 13.0 Å². The number of carbonyl (C=O) groups is 2. The van der Waals surface area contributed by atoms with Crippen molar-refractivity contribution in [3.63, 3.8) is 0 Å². The van der Waals surface area contributed by atoms with Gasteiger partial charge >= 0.3 is 0 Å². The highest BCUT2D eigenvalue weighted by molar-refractivity contribution is 6.46. The van der Waals surface area contributed by atoms with Gasteiger partial charge < -0.3 is 24.4 Å². The lowest BCUT2D eigenvalue weighted by Crippen LogP contribution is -2.32. The third-order valence-electron chi connectivity index (χ3n) is 5.63. The largest absolute Gasteiger partial charge is 0.507 e. The van der Waals surface area contributed by atoms with E-state index in [0.29, 0.717) is 36.6 Å². The van der Waals surface area contributed by atoms with E-state index in [1.807, 2.05) is 25.9 Å². The zero-order chi connectivity index (χ0) is 24.8. The molecule has 3 rings (SSSR count). The number of ketones is 1. The fraction of sp³-hybridized carbons (Fsp3) is 0.385. The van der Waals surface area contributed by atoms with Crippen LogP contribution in [0, 0.1) is 5.82 Å². The van der Waals surface area contributed by atoms with Crippen LogP contribution < -0.4 is 9.47 Å². The highest BCUT2D eigenvalue weighted by Gasteiger charge is 2.46. The normalized spacial score (nSPS) is 17.5. The lowest BCUT2D eigenvalue weighted by molar-refractivity contribution is -0.139. The molecule has 8 heteroatoms. The van der Waals surface area contributed by atoms with E-state index in [1.54, 1.807) is 18.2 Å². The van der Waals surface area contributed by atoms with Gasteiger partial charge in [0.05, 0.1) is 25.3 Å². The Labute approximate surface area is 199 Å². The van der Waals surface area contributed by atoms with Crippen LogP contribution in [0.4, 0.5) is 4.39 Å². The summed E-state index contributed by atoms with van der Waals surface area (Å²) in [4.78, 5) is 29.6. The average Bonchev–Trinajstić information content (AvgIpc) is 3.07. The molecule has 0 bridgehead atoms. The zero-order valence-corrected chi connectivity index (χ0v) is 20.0. The maximum atomic E-state index is 13.4. The molecule has 2 aromatic carbocycles. The van der Waals surface area contributed by atoms with Gasteiger partial charge in [-0.15, -0.1) is 0 Å². The van der Waals surface area contributed by atoms with Gasteiger partial charge in [0, 0.05) is 12.1 Å². The minimum absolute atomic E-state index is 0.0364. The number of carbonyl (C=O) groups excluding carboxylic acids is 2. The first-order chi connectivity index (χ1) is 16.3. The number of Topliss-reactive ketones (excluding diaryl/α,β-unsaturated/α-hetero) is 1. The van der Waals surface area contributed by atoms with Crippen molar-refractivity contribution in [3.05, 3.63) is 65.0 Å². The molecule has 0 radical (unpaired) electrons. The van der Waals surface area contributed by atoms with Crippen LogP contribution in [0.2, 0.25) is 0 Å². The molecule has 0 saturated carbocycles. The Kier molecular flexibility index (Phi) is 8.28. The summed E-state index contributed by atoms with van der Waals surface area (Å²) in [5.41, 5.74) is 0.826. The molecule has 0 spiro atoms. The van der Waals surface area contributed by atoms with Crippen molar-refractivity contribution in [2.24, 2.45) is 0 Å². The van der Waals surface area contributed by atoms with Crippen LogP contribution >= 0.6 is 0 Å². The number of methoxy groups -OCH3 is 1. The molecular formula is C26H31FN2O5. The Morgan fingerprint density at radius 2 is 1.82 bits per heavy atom. The molecule has 1 amide bonds. The Hall–Kier alpha value is -3.39. The van der Waals surface area contributed by atoms with Crippen LogP contribution in [0.25, 0.3) is 5.76 Å². The third-order valence-corrected chi connectivity index (χ3v) is 5.63. The van der Waals surface area contributed by atoms with Crippen molar-refractivity contribution in [1.82, 2.24) is 9.80 Å². The van der Waals surface area contributed by atoms with Crippen molar-refractivity contribution in [1.29, 1.82) is 0 Å². The summed E-state index contributed by atoms with van der Waals surface area (Å²) in [6, 6.07) is 9.55. The number of hydrogen-bond donors (Lipinski definition) is 1. The molecule has 1 saturated heterocycles. The second-order valence-electron chi connectivity index (χ2n) is 8.41. The van der Waals surface area contributed by atoms with Crippen molar-refractivity contribution in [2.75, 3.05) is 40.9 Å². The smallest absolute Gasteiger partial charge is 0.295 e. The maximum Gasteiger partial charge on any atom is 0.295 e. The van der Waals surface area contributed by atoms with Gasteiger partial charge in [-0.05, 0) is 75.4 Å². The van der Waals surface area contributed by atoms with Crippen molar-refractivity contribution < 1.29 is 28.6 Å². The molecule has 7 nitrogen and oxygen atoms in total. The highest BCUT2D eigenvalue weighted by atomic mass is 19.1. The summed E-state index contributed by atoms with van der Waals surface area (Å²) in [6.07, 6.45) is 1.47. The van der Waals surface area contributed by atoms with Crippen LogP contribution in [-0.2, 0) is 9.59 Å². The molecule has 0 aliphatic carbocycles. The standard InChI is InChI=1S/C26H31FN2O5/c1-5-15-34-20-12-9-18(16-21(20)33-4)23-22(24(30)17-7-10-19(27)11-8-17)25(31)26(32)29(23)14-6-13-28(2)3/h7-12,16,23,30H,5-6,13-15H2,1-4H3/b24-22+/t23-/m0/s1. The monoisotopic (exact) mass is 470 g/mol. The number of likely N-dealkylation sites (tertiary alicyclic amines) is 1. The lowest BCUT2D eigenvalue weighted by Gasteiger charge is -2.26. The summed E-state index contributed by atoms with van der Waals surface area (Å²) >= 11 is 0. The van der Waals surface area contributed by atoms with Gasteiger partial charge in [-0.25, -0.2) is 4.39 Å². The van der Waals surface area contributed by atoms with E-state index < -0.39 is 23.5 Å². The van der Waals surface area contributed by atoms with Gasteiger partial charge in [0.1, 0.15) is 11.6 Å². The number of benzene rings is 2. The van der Waals surface area contributed by atoms with E-state index in [-0.39, 0.29) is 16.9 Å². The molecule has 1 aliphatic heterocycles. The van der Waals surface area contributed by atoms with Gasteiger partial charge in [-0.2, -0.15) is 0 Å². The first-order valence-corrected chi connectivity index (χ1v) is 11.3. The molecule has 182 valence electrons. The zero-order valence-electron chi connectivity index (χ0n) is 20.0. The van der Waals surface area contributed by atoms with Gasteiger partial charge in [0.15, 0.2) is 11.5 Å². The number of hydrogen-bond acceptors (Lipinski definition) is 6. The molecule has 1 fully saturated rings.